The molecule has 0 fully saturated rings. The molecule has 2 aromatic rings. The average Bonchev–Trinajstić information content (AvgIpc) is 3.22. The number of anilines is 3. The zero-order valence-corrected chi connectivity index (χ0v) is 20.1. The fraction of sp³-hybridized carbons (Fsp3) is 0.375. The highest BCUT2D eigenvalue weighted by Gasteiger charge is 2.43. The van der Waals surface area contributed by atoms with Crippen molar-refractivity contribution in [2.75, 3.05) is 23.0 Å². The first kappa shape index (κ1) is 25.5. The molecule has 11 heteroatoms. The summed E-state index contributed by atoms with van der Waals surface area (Å²) in [5.41, 5.74) is 7.49. The molecule has 1 aromatic heterocycles. The summed E-state index contributed by atoms with van der Waals surface area (Å²) in [6, 6.07) is 7.36. The summed E-state index contributed by atoms with van der Waals surface area (Å²) in [6.45, 7) is 4.94. The van der Waals surface area contributed by atoms with E-state index < -0.39 is 41.9 Å². The molecule has 186 valence electrons. The summed E-state index contributed by atoms with van der Waals surface area (Å²) in [6.07, 6.45) is 0.501. The fourth-order valence-electron chi connectivity index (χ4n) is 3.83. The average molecular weight is 483 g/mol. The van der Waals surface area contributed by atoms with Crippen LogP contribution in [0, 0.1) is 5.92 Å². The predicted octanol–water partition coefficient (Wildman–Crippen LogP) is 1.70. The highest BCUT2D eigenvalue weighted by molar-refractivity contribution is 6.09. The summed E-state index contributed by atoms with van der Waals surface area (Å²) in [7, 11) is 1.27. The molecule has 0 bridgehead atoms. The Labute approximate surface area is 203 Å². The molecule has 3 rings (SSSR count). The molecular weight excluding hydrogens is 452 g/mol. The second-order valence-electron chi connectivity index (χ2n) is 8.79. The largest absolute Gasteiger partial charge is 0.465 e. The van der Waals surface area contributed by atoms with Crippen molar-refractivity contribution in [1.29, 1.82) is 0 Å². The number of nitrogens with one attached hydrogen (secondary N) is 2. The zero-order chi connectivity index (χ0) is 25.9. The Balaban J connectivity index is 1.90. The second kappa shape index (κ2) is 10.4. The van der Waals surface area contributed by atoms with Gasteiger partial charge in [0.15, 0.2) is 0 Å². The number of likely N-dealkylation sites (N-methyl/N-ethyl adjacent to an activating group) is 1. The summed E-state index contributed by atoms with van der Waals surface area (Å²) in [5.74, 6) is -1.59. The van der Waals surface area contributed by atoms with Crippen molar-refractivity contribution >= 4 is 41.0 Å². The first-order chi connectivity index (χ1) is 16.5. The van der Waals surface area contributed by atoms with Crippen molar-refractivity contribution in [3.63, 3.8) is 0 Å². The van der Waals surface area contributed by atoms with Gasteiger partial charge in [0.1, 0.15) is 23.9 Å². The van der Waals surface area contributed by atoms with Crippen LogP contribution in [0.1, 0.15) is 26.3 Å². The molecular formula is C24H30N6O5. The Kier molecular flexibility index (Phi) is 7.58. The lowest BCUT2D eigenvalue weighted by molar-refractivity contribution is -0.131. The summed E-state index contributed by atoms with van der Waals surface area (Å²) < 4.78 is 0. The number of pyridine rings is 1. The van der Waals surface area contributed by atoms with Crippen LogP contribution >= 0.6 is 0 Å². The highest BCUT2D eigenvalue weighted by atomic mass is 16.4. The molecule has 0 saturated heterocycles. The number of nitrogens with zero attached hydrogens (tertiary/aromatic N) is 3. The molecule has 0 unspecified atom stereocenters. The van der Waals surface area contributed by atoms with Crippen LogP contribution < -0.4 is 21.3 Å². The molecule has 1 aliphatic rings. The smallest absolute Gasteiger partial charge is 0.407 e. The number of rotatable bonds is 7. The number of carbonyl (C=O) groups is 4. The van der Waals surface area contributed by atoms with Gasteiger partial charge in [0.05, 0.1) is 11.4 Å². The number of para-hydroxylation sites is 2. The van der Waals surface area contributed by atoms with Crippen LogP contribution in [0.3, 0.4) is 0 Å². The van der Waals surface area contributed by atoms with Crippen molar-refractivity contribution in [1.82, 2.24) is 15.2 Å². The van der Waals surface area contributed by atoms with E-state index in [2.05, 4.69) is 15.6 Å². The van der Waals surface area contributed by atoms with E-state index in [0.717, 1.165) is 10.5 Å². The maximum Gasteiger partial charge on any atom is 0.407 e. The van der Waals surface area contributed by atoms with Crippen LogP contribution in [0.2, 0.25) is 0 Å². The molecule has 0 aliphatic carbocycles. The van der Waals surface area contributed by atoms with Crippen LogP contribution in [-0.4, -0.2) is 64.0 Å². The molecule has 3 atom stereocenters. The summed E-state index contributed by atoms with van der Waals surface area (Å²) in [5, 5.41) is 14.6. The third-order valence-corrected chi connectivity index (χ3v) is 6.07. The third-order valence-electron chi connectivity index (χ3n) is 6.07. The first-order valence-electron chi connectivity index (χ1n) is 11.2. The van der Waals surface area contributed by atoms with Gasteiger partial charge in [-0.25, -0.2) is 9.78 Å². The number of hydrogen-bond donors (Lipinski definition) is 4. The van der Waals surface area contributed by atoms with Crippen LogP contribution in [0.15, 0.2) is 42.6 Å². The summed E-state index contributed by atoms with van der Waals surface area (Å²) in [4.78, 5) is 57.6. The number of hydrogen-bond acceptors (Lipinski definition) is 6. The van der Waals surface area contributed by atoms with Gasteiger partial charge < -0.3 is 21.5 Å². The Morgan fingerprint density at radius 3 is 2.46 bits per heavy atom. The van der Waals surface area contributed by atoms with Gasteiger partial charge in [0, 0.05) is 19.7 Å². The maximum atomic E-state index is 13.8. The monoisotopic (exact) mass is 482 g/mol. The lowest BCUT2D eigenvalue weighted by Gasteiger charge is -2.31. The molecule has 0 spiro atoms. The van der Waals surface area contributed by atoms with Crippen molar-refractivity contribution in [2.45, 2.75) is 45.3 Å². The van der Waals surface area contributed by atoms with E-state index in [0.29, 0.717) is 17.2 Å². The first-order valence-corrected chi connectivity index (χ1v) is 11.2. The van der Waals surface area contributed by atoms with Crippen molar-refractivity contribution in [3.8, 4) is 0 Å². The van der Waals surface area contributed by atoms with Crippen molar-refractivity contribution < 1.29 is 24.3 Å². The Morgan fingerprint density at radius 2 is 1.83 bits per heavy atom. The van der Waals surface area contributed by atoms with Crippen molar-refractivity contribution in [2.24, 2.45) is 5.92 Å². The summed E-state index contributed by atoms with van der Waals surface area (Å²) >= 11 is 0. The van der Waals surface area contributed by atoms with Gasteiger partial charge in [-0.3, -0.25) is 24.2 Å². The lowest BCUT2D eigenvalue weighted by Crippen LogP contribution is -2.58. The topological polar surface area (TPSA) is 158 Å². The number of aromatic nitrogens is 1. The molecule has 4 amide bonds. The number of nitrogen functional groups attached to an aromatic ring is 1. The Bertz CT molecular complexity index is 1140. The molecule has 1 aromatic carbocycles. The Morgan fingerprint density at radius 1 is 1.14 bits per heavy atom. The van der Waals surface area contributed by atoms with E-state index in [1.807, 2.05) is 0 Å². The quantitative estimate of drug-likeness (QED) is 0.437. The van der Waals surface area contributed by atoms with Crippen LogP contribution in [0.5, 0.6) is 0 Å². The lowest BCUT2D eigenvalue weighted by atomic mass is 10.0. The molecule has 1 aliphatic heterocycles. The fourth-order valence-corrected chi connectivity index (χ4v) is 3.83. The Hall–Kier alpha value is -4.15. The van der Waals surface area contributed by atoms with E-state index in [-0.39, 0.29) is 12.3 Å². The van der Waals surface area contributed by atoms with Gasteiger partial charge in [-0.15, -0.1) is 0 Å². The number of nitrogens with two attached hydrogens (primary N) is 1. The standard InChI is InChI=1S/C24H30N6O5/c1-13(2)19(28-21(31)14(3)29(4)24(34)35)23(33)30-18(12-15-8-7-11-26-20(15)30)22(32)27-17-10-6-5-9-16(17)25/h5-11,13-14,18-19H,12,25H2,1-4H3,(H,27,32)(H,28,31)(H,34,35)/t14-,18+,19-/m0/s1. The molecule has 0 radical (unpaired) electrons. The third kappa shape index (κ3) is 5.34. The van der Waals surface area contributed by atoms with Crippen LogP contribution in [0.4, 0.5) is 22.0 Å². The van der Waals surface area contributed by atoms with Gasteiger partial charge in [0.25, 0.3) is 5.91 Å². The number of amides is 4. The van der Waals surface area contributed by atoms with Crippen LogP contribution in [-0.2, 0) is 20.8 Å². The second-order valence-corrected chi connectivity index (χ2v) is 8.79. The molecule has 0 saturated carbocycles. The number of carbonyl (C=O) groups excluding carboxylic acids is 3. The maximum absolute atomic E-state index is 13.8. The van der Waals surface area contributed by atoms with Gasteiger partial charge in [0.2, 0.25) is 11.8 Å². The molecule has 5 N–H and O–H groups in total. The van der Waals surface area contributed by atoms with Gasteiger partial charge in [-0.2, -0.15) is 0 Å². The van der Waals surface area contributed by atoms with E-state index in [4.69, 9.17) is 5.73 Å². The SMILES string of the molecule is CC(C)[C@H](NC(=O)[C@H](C)N(C)C(=O)O)C(=O)N1c2ncccc2C[C@@H]1C(=O)Nc1ccccc1N. The normalized spacial score (nSPS) is 16.3. The number of carboxylic acid groups (broad SMARTS) is 1. The van der Waals surface area contributed by atoms with E-state index in [9.17, 15) is 24.3 Å². The van der Waals surface area contributed by atoms with E-state index >= 15 is 0 Å². The number of fused-ring (bicyclic) bond motifs is 1. The van der Waals surface area contributed by atoms with Gasteiger partial charge in [-0.05, 0) is 36.6 Å². The highest BCUT2D eigenvalue weighted by Crippen LogP contribution is 2.32. The predicted molar refractivity (Wildman–Crippen MR) is 131 cm³/mol. The van der Waals surface area contributed by atoms with Gasteiger partial charge >= 0.3 is 6.09 Å². The molecule has 11 nitrogen and oxygen atoms in total. The minimum atomic E-state index is -1.27. The minimum Gasteiger partial charge on any atom is -0.465 e. The number of benzene rings is 1. The van der Waals surface area contributed by atoms with Crippen LogP contribution in [0.25, 0.3) is 0 Å². The molecule has 35 heavy (non-hydrogen) atoms. The van der Waals surface area contributed by atoms with E-state index in [1.54, 1.807) is 50.2 Å². The zero-order valence-electron chi connectivity index (χ0n) is 20.1. The minimum absolute atomic E-state index is 0.240. The van der Waals surface area contributed by atoms with Gasteiger partial charge in [-0.1, -0.05) is 32.0 Å². The molecule has 2 heterocycles. The van der Waals surface area contributed by atoms with Crippen molar-refractivity contribution in [3.05, 3.63) is 48.2 Å². The van der Waals surface area contributed by atoms with E-state index in [1.165, 1.54) is 25.1 Å².